The molecule has 1 aliphatic heterocycles. The van der Waals surface area contributed by atoms with Gasteiger partial charge in [0, 0.05) is 41.2 Å². The van der Waals surface area contributed by atoms with Crippen LogP contribution in [0.1, 0.15) is 47.8 Å². The molecule has 0 aliphatic carbocycles. The van der Waals surface area contributed by atoms with E-state index in [-0.39, 0.29) is 17.4 Å². The quantitative estimate of drug-likeness (QED) is 0.715. The number of amides is 1. The third-order valence-corrected chi connectivity index (χ3v) is 6.44. The largest absolute Gasteiger partial charge is 0.389 e. The van der Waals surface area contributed by atoms with Crippen molar-refractivity contribution in [2.24, 2.45) is 5.92 Å². The van der Waals surface area contributed by atoms with Gasteiger partial charge < -0.3 is 15.0 Å². The van der Waals surface area contributed by atoms with E-state index >= 15 is 0 Å². The summed E-state index contributed by atoms with van der Waals surface area (Å²) in [6.07, 6.45) is 1.71. The first-order chi connectivity index (χ1) is 13.3. The number of aromatic amines is 1. The average molecular weight is 377 g/mol. The summed E-state index contributed by atoms with van der Waals surface area (Å²) in [7, 11) is 0. The highest BCUT2D eigenvalue weighted by atomic mass is 16.3. The molecule has 4 rings (SSSR count). The first-order valence-electron chi connectivity index (χ1n) is 9.97. The Morgan fingerprint density at radius 1 is 1.18 bits per heavy atom. The number of rotatable bonds is 4. The van der Waals surface area contributed by atoms with Gasteiger partial charge in [-0.1, -0.05) is 56.7 Å². The van der Waals surface area contributed by atoms with Gasteiger partial charge in [0.15, 0.2) is 0 Å². The first kappa shape index (κ1) is 18.8. The van der Waals surface area contributed by atoms with E-state index in [1.807, 2.05) is 12.1 Å². The zero-order valence-corrected chi connectivity index (χ0v) is 17.0. The molecule has 0 spiro atoms. The van der Waals surface area contributed by atoms with Gasteiger partial charge in [0.2, 0.25) is 0 Å². The molecule has 2 aromatic carbocycles. The lowest BCUT2D eigenvalue weighted by Gasteiger charge is -2.36. The number of H-pyrrole nitrogens is 1. The SMILES string of the molecule is Cc1ccc(C(C)(c2c[nH]c3cc(C(=O)N4CC(O)C4)ccc23)C(C)C)cc1. The zero-order valence-electron chi connectivity index (χ0n) is 17.0. The molecular formula is C24H28N2O2. The van der Waals surface area contributed by atoms with Crippen molar-refractivity contribution < 1.29 is 9.90 Å². The van der Waals surface area contributed by atoms with Crippen molar-refractivity contribution in [1.29, 1.82) is 0 Å². The molecular weight excluding hydrogens is 348 g/mol. The zero-order chi connectivity index (χ0) is 20.1. The maximum absolute atomic E-state index is 12.6. The second-order valence-electron chi connectivity index (χ2n) is 8.55. The summed E-state index contributed by atoms with van der Waals surface area (Å²) in [4.78, 5) is 17.7. The van der Waals surface area contributed by atoms with E-state index < -0.39 is 0 Å². The van der Waals surface area contributed by atoms with Crippen LogP contribution in [0.5, 0.6) is 0 Å². The molecule has 1 unspecified atom stereocenters. The van der Waals surface area contributed by atoms with Gasteiger partial charge in [0.05, 0.1) is 6.10 Å². The summed E-state index contributed by atoms with van der Waals surface area (Å²) < 4.78 is 0. The second-order valence-corrected chi connectivity index (χ2v) is 8.55. The van der Waals surface area contributed by atoms with Gasteiger partial charge in [0.25, 0.3) is 5.91 Å². The van der Waals surface area contributed by atoms with E-state index in [0.29, 0.717) is 24.6 Å². The fourth-order valence-corrected chi connectivity index (χ4v) is 4.19. The Balaban J connectivity index is 1.75. The number of hydrogen-bond acceptors (Lipinski definition) is 2. The number of likely N-dealkylation sites (tertiary alicyclic amines) is 1. The first-order valence-corrected chi connectivity index (χ1v) is 9.97. The maximum atomic E-state index is 12.6. The van der Waals surface area contributed by atoms with Crippen LogP contribution in [0.3, 0.4) is 0 Å². The van der Waals surface area contributed by atoms with Crippen molar-refractivity contribution in [3.05, 3.63) is 70.9 Å². The minimum Gasteiger partial charge on any atom is -0.389 e. The van der Waals surface area contributed by atoms with Crippen LogP contribution in [0.4, 0.5) is 0 Å². The highest BCUT2D eigenvalue weighted by molar-refractivity contribution is 5.99. The predicted molar refractivity (Wildman–Crippen MR) is 113 cm³/mol. The van der Waals surface area contributed by atoms with Gasteiger partial charge in [-0.3, -0.25) is 4.79 Å². The van der Waals surface area contributed by atoms with Crippen LogP contribution < -0.4 is 0 Å². The molecule has 3 aromatic rings. The minimum absolute atomic E-state index is 0.0199. The van der Waals surface area contributed by atoms with E-state index in [1.165, 1.54) is 16.7 Å². The number of aliphatic hydroxyl groups is 1. The lowest BCUT2D eigenvalue weighted by atomic mass is 9.68. The number of hydrogen-bond donors (Lipinski definition) is 2. The topological polar surface area (TPSA) is 56.3 Å². The minimum atomic E-state index is -0.383. The van der Waals surface area contributed by atoms with E-state index in [9.17, 15) is 9.90 Å². The van der Waals surface area contributed by atoms with E-state index in [1.54, 1.807) is 4.90 Å². The molecule has 2 heterocycles. The number of aliphatic hydroxyl groups excluding tert-OH is 1. The summed E-state index contributed by atoms with van der Waals surface area (Å²) in [5.74, 6) is 0.381. The fourth-order valence-electron chi connectivity index (χ4n) is 4.19. The molecule has 1 atom stereocenters. The van der Waals surface area contributed by atoms with Gasteiger partial charge >= 0.3 is 0 Å². The molecule has 1 aliphatic rings. The number of aromatic nitrogens is 1. The Morgan fingerprint density at radius 2 is 1.86 bits per heavy atom. The predicted octanol–water partition coefficient (Wildman–Crippen LogP) is 4.26. The molecule has 1 saturated heterocycles. The molecule has 1 fully saturated rings. The smallest absolute Gasteiger partial charge is 0.254 e. The molecule has 146 valence electrons. The molecule has 2 N–H and O–H groups in total. The molecule has 1 amide bonds. The summed E-state index contributed by atoms with van der Waals surface area (Å²) >= 11 is 0. The maximum Gasteiger partial charge on any atom is 0.254 e. The average Bonchev–Trinajstić information content (AvgIpc) is 3.08. The number of benzene rings is 2. The molecule has 0 saturated carbocycles. The normalized spacial score (nSPS) is 17.0. The Morgan fingerprint density at radius 3 is 2.46 bits per heavy atom. The van der Waals surface area contributed by atoms with Gasteiger partial charge in [-0.05, 0) is 36.1 Å². The summed E-state index contributed by atoms with van der Waals surface area (Å²) in [5.41, 5.74) is 5.30. The number of nitrogens with one attached hydrogen (secondary N) is 1. The number of carbonyl (C=O) groups excluding carboxylic acids is 1. The van der Waals surface area contributed by atoms with Crippen LogP contribution in [0.25, 0.3) is 10.9 Å². The summed E-state index contributed by atoms with van der Waals surface area (Å²) in [5, 5.41) is 10.6. The van der Waals surface area contributed by atoms with Crippen molar-refractivity contribution >= 4 is 16.8 Å². The fraction of sp³-hybridized carbons (Fsp3) is 0.375. The van der Waals surface area contributed by atoms with E-state index in [2.05, 4.69) is 69.2 Å². The Kier molecular flexibility index (Phi) is 4.54. The van der Waals surface area contributed by atoms with Gasteiger partial charge in [0.1, 0.15) is 0 Å². The molecule has 0 radical (unpaired) electrons. The van der Waals surface area contributed by atoms with Crippen LogP contribution in [0, 0.1) is 12.8 Å². The Hall–Kier alpha value is -2.59. The lowest BCUT2D eigenvalue weighted by Crippen LogP contribution is -2.53. The third-order valence-electron chi connectivity index (χ3n) is 6.44. The molecule has 4 heteroatoms. The highest BCUT2D eigenvalue weighted by Gasteiger charge is 2.35. The molecule has 1 aromatic heterocycles. The van der Waals surface area contributed by atoms with Gasteiger partial charge in [-0.2, -0.15) is 0 Å². The Bertz CT molecular complexity index is 1010. The van der Waals surface area contributed by atoms with Crippen molar-refractivity contribution in [3.8, 4) is 0 Å². The van der Waals surface area contributed by atoms with Crippen LogP contribution in [0.15, 0.2) is 48.7 Å². The van der Waals surface area contributed by atoms with Crippen LogP contribution in [0.2, 0.25) is 0 Å². The number of carbonyl (C=O) groups is 1. The number of aryl methyl sites for hydroxylation is 1. The molecule has 28 heavy (non-hydrogen) atoms. The van der Waals surface area contributed by atoms with Gasteiger partial charge in [-0.25, -0.2) is 0 Å². The van der Waals surface area contributed by atoms with Crippen LogP contribution in [-0.4, -0.2) is 40.1 Å². The molecule has 4 nitrogen and oxygen atoms in total. The third kappa shape index (κ3) is 2.92. The number of fused-ring (bicyclic) bond motifs is 1. The summed E-state index contributed by atoms with van der Waals surface area (Å²) in [6, 6.07) is 14.7. The van der Waals surface area contributed by atoms with Crippen molar-refractivity contribution in [2.75, 3.05) is 13.1 Å². The Labute approximate surface area is 166 Å². The highest BCUT2D eigenvalue weighted by Crippen LogP contribution is 2.42. The van der Waals surface area contributed by atoms with Crippen molar-refractivity contribution in [2.45, 2.75) is 39.2 Å². The van der Waals surface area contributed by atoms with E-state index in [0.717, 1.165) is 10.9 Å². The lowest BCUT2D eigenvalue weighted by molar-refractivity contribution is 0.00590. The van der Waals surface area contributed by atoms with Crippen molar-refractivity contribution in [3.63, 3.8) is 0 Å². The second kappa shape index (κ2) is 6.78. The standard InChI is InChI=1S/C24H28N2O2/c1-15(2)24(4,18-8-5-16(3)6-9-18)21-12-25-22-11-17(7-10-20(21)22)23(28)26-13-19(27)14-26/h5-12,15,19,25,27H,13-14H2,1-4H3. The molecule has 0 bridgehead atoms. The van der Waals surface area contributed by atoms with Crippen LogP contribution >= 0.6 is 0 Å². The summed E-state index contributed by atoms with van der Waals surface area (Å²) in [6.45, 7) is 9.76. The van der Waals surface area contributed by atoms with Crippen LogP contribution in [-0.2, 0) is 5.41 Å². The number of nitrogens with zero attached hydrogens (tertiary/aromatic N) is 1. The van der Waals surface area contributed by atoms with Crippen molar-refractivity contribution in [1.82, 2.24) is 9.88 Å². The number of β-amino-alcohol motifs (C(OH)–C–C–N with tert-alkyl or cyclic N) is 1. The monoisotopic (exact) mass is 376 g/mol. The van der Waals surface area contributed by atoms with E-state index in [4.69, 9.17) is 0 Å². The van der Waals surface area contributed by atoms with Gasteiger partial charge in [-0.15, -0.1) is 0 Å².